The predicted molar refractivity (Wildman–Crippen MR) is 169 cm³/mol. The molecule has 4 unspecified atom stereocenters. The number of unbranched alkanes of at least 4 members (excludes halogenated alkanes) is 4. The van der Waals surface area contributed by atoms with E-state index in [1.54, 1.807) is 15.4 Å². The smallest absolute Gasteiger partial charge is 0.410 e. The van der Waals surface area contributed by atoms with E-state index in [1.165, 1.54) is 84.7 Å². The Kier molecular flexibility index (Phi) is 11.1. The highest BCUT2D eigenvalue weighted by Crippen LogP contribution is 2.55. The molecule has 2 aromatic carbocycles. The summed E-state index contributed by atoms with van der Waals surface area (Å²) >= 11 is 0. The fourth-order valence-electron chi connectivity index (χ4n) is 7.45. The molecule has 220 valence electrons. The van der Waals surface area contributed by atoms with Gasteiger partial charge in [0.05, 0.1) is 12.2 Å². The summed E-state index contributed by atoms with van der Waals surface area (Å²) in [6, 6.07) is 14.4. The lowest BCUT2D eigenvalue weighted by Crippen LogP contribution is -2.30. The first-order chi connectivity index (χ1) is 20.1. The fourth-order valence-corrected chi connectivity index (χ4v) is 7.45. The van der Waals surface area contributed by atoms with E-state index in [4.69, 9.17) is 18.6 Å². The zero-order valence-corrected chi connectivity index (χ0v) is 26.0. The van der Waals surface area contributed by atoms with Gasteiger partial charge in [0.2, 0.25) is 0 Å². The molecule has 0 saturated carbocycles. The van der Waals surface area contributed by atoms with Crippen LogP contribution in [0.1, 0.15) is 152 Å². The van der Waals surface area contributed by atoms with Crippen molar-refractivity contribution in [3.63, 3.8) is 0 Å². The Morgan fingerprint density at radius 3 is 1.49 bits per heavy atom. The van der Waals surface area contributed by atoms with Crippen molar-refractivity contribution < 1.29 is 18.6 Å². The van der Waals surface area contributed by atoms with Gasteiger partial charge in [-0.05, 0) is 59.1 Å². The standard InChI is InChI=1S/C35H50B2O4/c1-5-9-11-19-35(20-12-10-6-2)31-21-25(33-23-27(13-7-3)38-36-40-33)15-17-29(31)30-18-16-26(22-32(30)35)34-24-28(14-8-4)39-37-41-34/h15-18,21-22,27-28,33-34H,5-14,19-20,23-24H2,1-4H3. The second kappa shape index (κ2) is 14.7. The quantitative estimate of drug-likeness (QED) is 0.172. The highest BCUT2D eigenvalue weighted by molar-refractivity contribution is 6.18. The van der Waals surface area contributed by atoms with E-state index in [0.29, 0.717) is 0 Å². The summed E-state index contributed by atoms with van der Waals surface area (Å²) in [6.45, 7) is 9.08. The molecule has 0 N–H and O–H groups in total. The predicted octanol–water partition coefficient (Wildman–Crippen LogP) is 9.48. The Morgan fingerprint density at radius 1 is 0.610 bits per heavy atom. The number of benzene rings is 2. The number of hydrogen-bond acceptors (Lipinski definition) is 4. The van der Waals surface area contributed by atoms with Crippen molar-refractivity contribution in [2.24, 2.45) is 0 Å². The van der Waals surface area contributed by atoms with Gasteiger partial charge in [0, 0.05) is 30.5 Å². The second-order valence-electron chi connectivity index (χ2n) is 12.6. The SMILES string of the molecule is CCCCCC1(CCCCC)c2cc(C3CC(CCC)O[B]O3)ccc2-c2ccc(C3CC(CCC)O[B]O3)cc21. The molecule has 2 saturated heterocycles. The van der Waals surface area contributed by atoms with E-state index in [2.05, 4.69) is 64.1 Å². The van der Waals surface area contributed by atoms with Crippen LogP contribution in [0.15, 0.2) is 36.4 Å². The van der Waals surface area contributed by atoms with Gasteiger partial charge in [-0.1, -0.05) is 115 Å². The van der Waals surface area contributed by atoms with Crippen molar-refractivity contribution in [2.75, 3.05) is 0 Å². The highest BCUT2D eigenvalue weighted by Gasteiger charge is 2.43. The van der Waals surface area contributed by atoms with Gasteiger partial charge >= 0.3 is 15.4 Å². The third-order valence-electron chi connectivity index (χ3n) is 9.68. The van der Waals surface area contributed by atoms with Crippen LogP contribution in [-0.2, 0) is 24.0 Å². The van der Waals surface area contributed by atoms with Crippen molar-refractivity contribution in [2.45, 2.75) is 147 Å². The molecule has 0 aromatic heterocycles. The van der Waals surface area contributed by atoms with Gasteiger partial charge in [-0.15, -0.1) is 0 Å². The summed E-state index contributed by atoms with van der Waals surface area (Å²) in [4.78, 5) is 0. The second-order valence-corrected chi connectivity index (χ2v) is 12.6. The van der Waals surface area contributed by atoms with Crippen LogP contribution in [0.3, 0.4) is 0 Å². The Bertz CT molecular complexity index is 1030. The zero-order chi connectivity index (χ0) is 28.7. The molecule has 6 heteroatoms. The minimum Gasteiger partial charge on any atom is -0.410 e. The Morgan fingerprint density at radius 2 is 1.07 bits per heavy atom. The first-order valence-electron chi connectivity index (χ1n) is 16.7. The highest BCUT2D eigenvalue weighted by atomic mass is 16.6. The lowest BCUT2D eigenvalue weighted by Gasteiger charge is -2.35. The molecule has 4 nitrogen and oxygen atoms in total. The normalized spacial score (nSPS) is 24.8. The summed E-state index contributed by atoms with van der Waals surface area (Å²) in [7, 11) is 3.18. The average Bonchev–Trinajstić information content (AvgIpc) is 3.26. The number of fused-ring (bicyclic) bond motifs is 3. The van der Waals surface area contributed by atoms with Gasteiger partial charge in [-0.3, -0.25) is 0 Å². The topological polar surface area (TPSA) is 36.9 Å². The van der Waals surface area contributed by atoms with Crippen molar-refractivity contribution in [3.8, 4) is 11.1 Å². The first-order valence-corrected chi connectivity index (χ1v) is 16.7. The summed E-state index contributed by atoms with van der Waals surface area (Å²) in [6.07, 6.45) is 16.7. The Hall–Kier alpha value is -1.59. The van der Waals surface area contributed by atoms with Crippen LogP contribution in [0.5, 0.6) is 0 Å². The van der Waals surface area contributed by atoms with Crippen LogP contribution in [0.4, 0.5) is 0 Å². The molecule has 1 aliphatic carbocycles. The maximum absolute atomic E-state index is 6.09. The van der Waals surface area contributed by atoms with Crippen molar-refractivity contribution in [3.05, 3.63) is 58.7 Å². The van der Waals surface area contributed by atoms with E-state index >= 15 is 0 Å². The van der Waals surface area contributed by atoms with E-state index in [-0.39, 0.29) is 29.8 Å². The third-order valence-corrected chi connectivity index (χ3v) is 9.68. The summed E-state index contributed by atoms with van der Waals surface area (Å²) in [5, 5.41) is 0. The van der Waals surface area contributed by atoms with E-state index < -0.39 is 0 Å². The average molecular weight is 556 g/mol. The molecule has 41 heavy (non-hydrogen) atoms. The molecular formula is C35H50B2O4. The Balaban J connectivity index is 1.54. The number of hydrogen-bond donors (Lipinski definition) is 0. The van der Waals surface area contributed by atoms with Gasteiger partial charge in [0.15, 0.2) is 0 Å². The van der Waals surface area contributed by atoms with Gasteiger partial charge in [0.1, 0.15) is 0 Å². The van der Waals surface area contributed by atoms with Crippen LogP contribution in [0, 0.1) is 0 Å². The van der Waals surface area contributed by atoms with Gasteiger partial charge in [-0.25, -0.2) is 0 Å². The maximum Gasteiger partial charge on any atom is 0.488 e. The molecule has 2 heterocycles. The summed E-state index contributed by atoms with van der Waals surface area (Å²) in [5.41, 5.74) is 8.45. The van der Waals surface area contributed by atoms with Gasteiger partial charge < -0.3 is 18.6 Å². The molecule has 0 amide bonds. The molecule has 0 spiro atoms. The molecular weight excluding hydrogens is 506 g/mol. The van der Waals surface area contributed by atoms with Crippen LogP contribution in [0.2, 0.25) is 0 Å². The first kappa shape index (κ1) is 30.9. The molecule has 2 aliphatic heterocycles. The third kappa shape index (κ3) is 6.82. The largest absolute Gasteiger partial charge is 0.488 e. The molecule has 5 rings (SSSR count). The van der Waals surface area contributed by atoms with Crippen molar-refractivity contribution in [1.29, 1.82) is 0 Å². The minimum absolute atomic E-state index is 0.0242. The van der Waals surface area contributed by atoms with Crippen molar-refractivity contribution in [1.82, 2.24) is 0 Å². The lowest BCUT2D eigenvalue weighted by molar-refractivity contribution is 0.0268. The monoisotopic (exact) mass is 556 g/mol. The molecule has 3 aliphatic rings. The zero-order valence-electron chi connectivity index (χ0n) is 26.0. The fraction of sp³-hybridized carbons (Fsp3) is 0.657. The molecule has 2 radical (unpaired) electrons. The minimum atomic E-state index is 0.0242. The lowest BCUT2D eigenvalue weighted by atomic mass is 9.70. The molecule has 4 atom stereocenters. The maximum atomic E-state index is 6.09. The molecule has 2 fully saturated rings. The van der Waals surface area contributed by atoms with Crippen molar-refractivity contribution >= 4 is 15.4 Å². The van der Waals surface area contributed by atoms with Crippen LogP contribution in [0.25, 0.3) is 11.1 Å². The summed E-state index contributed by atoms with van der Waals surface area (Å²) in [5.74, 6) is 0. The van der Waals surface area contributed by atoms with E-state index in [9.17, 15) is 0 Å². The van der Waals surface area contributed by atoms with Crippen LogP contribution < -0.4 is 0 Å². The van der Waals surface area contributed by atoms with Gasteiger partial charge in [0.25, 0.3) is 0 Å². The van der Waals surface area contributed by atoms with E-state index in [1.807, 2.05) is 0 Å². The van der Waals surface area contributed by atoms with E-state index in [0.717, 1.165) is 38.5 Å². The molecule has 2 aromatic rings. The Labute approximate surface area is 250 Å². The summed E-state index contributed by atoms with van der Waals surface area (Å²) < 4.78 is 23.8. The number of rotatable bonds is 14. The molecule has 0 bridgehead atoms. The van der Waals surface area contributed by atoms with Crippen LogP contribution >= 0.6 is 0 Å². The van der Waals surface area contributed by atoms with Crippen LogP contribution in [-0.4, -0.2) is 27.6 Å². The van der Waals surface area contributed by atoms with Gasteiger partial charge in [-0.2, -0.15) is 0 Å².